The van der Waals surface area contributed by atoms with Gasteiger partial charge in [-0.2, -0.15) is 18.2 Å². The van der Waals surface area contributed by atoms with E-state index in [-0.39, 0.29) is 12.2 Å². The molecule has 0 saturated carbocycles. The standard InChI is InChI=1S/C21H19F3N6O3S/c1-10-13(11(2)30-19(25-10)28-18(29-30)21(22,23)24)8-17(31)27-20-26-14(9-34-20)12-5-6-15(32-3)16(7-12)33-4/h5-7,9H,8H2,1-4H3,(H,26,27,31). The van der Waals surface area contributed by atoms with E-state index in [1.54, 1.807) is 38.5 Å². The van der Waals surface area contributed by atoms with Gasteiger partial charge in [-0.1, -0.05) is 0 Å². The molecule has 1 N–H and O–H groups in total. The predicted molar refractivity (Wildman–Crippen MR) is 118 cm³/mol. The number of thiazole rings is 1. The molecule has 0 fully saturated rings. The van der Waals surface area contributed by atoms with Crippen LogP contribution in [-0.4, -0.2) is 44.7 Å². The van der Waals surface area contributed by atoms with Crippen LogP contribution in [0.3, 0.4) is 0 Å². The van der Waals surface area contributed by atoms with Crippen molar-refractivity contribution in [1.29, 1.82) is 0 Å². The van der Waals surface area contributed by atoms with Crippen molar-refractivity contribution in [2.45, 2.75) is 26.4 Å². The second-order valence-electron chi connectivity index (χ2n) is 7.24. The normalized spacial score (nSPS) is 11.6. The van der Waals surface area contributed by atoms with Crippen LogP contribution in [0.1, 0.15) is 22.8 Å². The summed E-state index contributed by atoms with van der Waals surface area (Å²) in [4.78, 5) is 24.6. The Morgan fingerprint density at radius 3 is 2.53 bits per heavy atom. The number of fused-ring (bicyclic) bond motifs is 1. The van der Waals surface area contributed by atoms with Crippen LogP contribution in [0.15, 0.2) is 23.6 Å². The number of benzene rings is 1. The number of ether oxygens (including phenoxy) is 2. The van der Waals surface area contributed by atoms with Gasteiger partial charge in [0, 0.05) is 27.9 Å². The number of hydrogen-bond acceptors (Lipinski definition) is 8. The van der Waals surface area contributed by atoms with Gasteiger partial charge in [-0.3, -0.25) is 4.79 Å². The highest BCUT2D eigenvalue weighted by Gasteiger charge is 2.37. The van der Waals surface area contributed by atoms with E-state index in [0.717, 1.165) is 10.1 Å². The lowest BCUT2D eigenvalue weighted by atomic mass is 10.1. The van der Waals surface area contributed by atoms with Gasteiger partial charge < -0.3 is 14.8 Å². The average Bonchev–Trinajstić information content (AvgIpc) is 3.43. The van der Waals surface area contributed by atoms with Crippen LogP contribution in [0.4, 0.5) is 18.3 Å². The molecule has 3 aromatic heterocycles. The number of alkyl halides is 3. The van der Waals surface area contributed by atoms with Crippen molar-refractivity contribution in [3.63, 3.8) is 0 Å². The maximum Gasteiger partial charge on any atom is 0.453 e. The maximum atomic E-state index is 13.0. The summed E-state index contributed by atoms with van der Waals surface area (Å²) in [5.41, 5.74) is 2.62. The van der Waals surface area contributed by atoms with Crippen LogP contribution in [-0.2, 0) is 17.4 Å². The van der Waals surface area contributed by atoms with Gasteiger partial charge >= 0.3 is 6.18 Å². The fourth-order valence-corrected chi connectivity index (χ4v) is 4.10. The van der Waals surface area contributed by atoms with Crippen molar-refractivity contribution in [3.05, 3.63) is 46.4 Å². The molecule has 0 radical (unpaired) electrons. The molecule has 0 bridgehead atoms. The van der Waals surface area contributed by atoms with E-state index in [9.17, 15) is 18.0 Å². The first-order valence-corrected chi connectivity index (χ1v) is 10.8. The van der Waals surface area contributed by atoms with Crippen molar-refractivity contribution < 1.29 is 27.4 Å². The average molecular weight is 492 g/mol. The summed E-state index contributed by atoms with van der Waals surface area (Å²) in [7, 11) is 3.08. The van der Waals surface area contributed by atoms with Crippen LogP contribution in [0.5, 0.6) is 11.5 Å². The van der Waals surface area contributed by atoms with Crippen LogP contribution < -0.4 is 14.8 Å². The van der Waals surface area contributed by atoms with E-state index < -0.39 is 17.9 Å². The first-order valence-electron chi connectivity index (χ1n) is 9.88. The number of anilines is 1. The number of rotatable bonds is 6. The summed E-state index contributed by atoms with van der Waals surface area (Å²) in [5.74, 6) is -0.715. The number of hydrogen-bond donors (Lipinski definition) is 1. The number of carbonyl (C=O) groups excluding carboxylic acids is 1. The number of nitrogens with zero attached hydrogens (tertiary/aromatic N) is 5. The molecule has 0 unspecified atom stereocenters. The fraction of sp³-hybridized carbons (Fsp3) is 0.286. The third kappa shape index (κ3) is 4.51. The number of aromatic nitrogens is 5. The van der Waals surface area contributed by atoms with Gasteiger partial charge in [0.2, 0.25) is 5.91 Å². The highest BCUT2D eigenvalue weighted by Crippen LogP contribution is 2.33. The summed E-state index contributed by atoms with van der Waals surface area (Å²) in [6, 6.07) is 5.36. The molecule has 178 valence electrons. The number of amides is 1. The van der Waals surface area contributed by atoms with E-state index in [4.69, 9.17) is 9.47 Å². The smallest absolute Gasteiger partial charge is 0.453 e. The minimum absolute atomic E-state index is 0.118. The van der Waals surface area contributed by atoms with E-state index in [1.165, 1.54) is 18.4 Å². The Bertz CT molecular complexity index is 1380. The molecule has 0 aliphatic carbocycles. The SMILES string of the molecule is COc1ccc(-c2csc(NC(=O)Cc3c(C)nc4nc(C(F)(F)F)nn4c3C)n2)cc1OC. The van der Waals surface area contributed by atoms with Crippen LogP contribution >= 0.6 is 11.3 Å². The van der Waals surface area contributed by atoms with Gasteiger partial charge in [-0.25, -0.2) is 14.5 Å². The Kier molecular flexibility index (Phi) is 6.13. The van der Waals surface area contributed by atoms with Crippen molar-refractivity contribution in [2.75, 3.05) is 19.5 Å². The van der Waals surface area contributed by atoms with Gasteiger partial charge in [-0.15, -0.1) is 16.4 Å². The quantitative estimate of drug-likeness (QED) is 0.433. The molecule has 0 spiro atoms. The number of aryl methyl sites for hydroxylation is 2. The van der Waals surface area contributed by atoms with Gasteiger partial charge in [0.15, 0.2) is 16.6 Å². The molecule has 3 heterocycles. The molecule has 0 atom stereocenters. The highest BCUT2D eigenvalue weighted by molar-refractivity contribution is 7.14. The summed E-state index contributed by atoms with van der Waals surface area (Å²) in [6.45, 7) is 3.17. The zero-order chi connectivity index (χ0) is 24.6. The third-order valence-corrected chi connectivity index (χ3v) is 5.83. The lowest BCUT2D eigenvalue weighted by Gasteiger charge is -2.10. The number of methoxy groups -OCH3 is 2. The molecule has 4 aromatic rings. The second kappa shape index (κ2) is 8.89. The minimum atomic E-state index is -4.69. The van der Waals surface area contributed by atoms with Gasteiger partial charge in [0.05, 0.1) is 26.3 Å². The molecule has 0 aliphatic rings. The third-order valence-electron chi connectivity index (χ3n) is 5.07. The molecule has 0 saturated heterocycles. The zero-order valence-electron chi connectivity index (χ0n) is 18.5. The Hall–Kier alpha value is -3.74. The monoisotopic (exact) mass is 492 g/mol. The molecule has 34 heavy (non-hydrogen) atoms. The lowest BCUT2D eigenvalue weighted by Crippen LogP contribution is -2.17. The summed E-state index contributed by atoms with van der Waals surface area (Å²) < 4.78 is 50.4. The second-order valence-corrected chi connectivity index (χ2v) is 8.10. The molecule has 1 amide bonds. The number of nitrogens with one attached hydrogen (secondary N) is 1. The molecule has 1 aromatic carbocycles. The maximum absolute atomic E-state index is 13.0. The summed E-state index contributed by atoms with van der Waals surface area (Å²) >= 11 is 1.24. The van der Waals surface area contributed by atoms with E-state index in [2.05, 4.69) is 25.4 Å². The Balaban J connectivity index is 1.53. The summed E-state index contributed by atoms with van der Waals surface area (Å²) in [5, 5.41) is 8.38. The first kappa shape index (κ1) is 23.4. The van der Waals surface area contributed by atoms with Crippen molar-refractivity contribution >= 4 is 28.2 Å². The zero-order valence-corrected chi connectivity index (χ0v) is 19.3. The topological polar surface area (TPSA) is 104 Å². The Morgan fingerprint density at radius 1 is 1.12 bits per heavy atom. The fourth-order valence-electron chi connectivity index (χ4n) is 3.37. The van der Waals surface area contributed by atoms with Crippen molar-refractivity contribution in [3.8, 4) is 22.8 Å². The Labute approximate surface area is 195 Å². The molecule has 9 nitrogen and oxygen atoms in total. The van der Waals surface area contributed by atoms with E-state index in [1.807, 2.05) is 6.07 Å². The minimum Gasteiger partial charge on any atom is -0.493 e. The molecule has 13 heteroatoms. The lowest BCUT2D eigenvalue weighted by molar-refractivity contribution is -0.144. The Morgan fingerprint density at radius 2 is 1.85 bits per heavy atom. The van der Waals surface area contributed by atoms with Gasteiger partial charge in [0.25, 0.3) is 11.6 Å². The number of halogens is 3. The first-order chi connectivity index (χ1) is 16.1. The van der Waals surface area contributed by atoms with Gasteiger partial charge in [0.1, 0.15) is 0 Å². The molecular weight excluding hydrogens is 473 g/mol. The van der Waals surface area contributed by atoms with Crippen LogP contribution in [0.2, 0.25) is 0 Å². The largest absolute Gasteiger partial charge is 0.493 e. The highest BCUT2D eigenvalue weighted by atomic mass is 32.1. The molecule has 0 aliphatic heterocycles. The molecular formula is C21H19F3N6O3S. The van der Waals surface area contributed by atoms with Crippen LogP contribution in [0, 0.1) is 13.8 Å². The summed E-state index contributed by atoms with van der Waals surface area (Å²) in [6.07, 6.45) is -4.81. The van der Waals surface area contributed by atoms with Gasteiger partial charge in [-0.05, 0) is 32.0 Å². The van der Waals surface area contributed by atoms with Crippen molar-refractivity contribution in [2.24, 2.45) is 0 Å². The molecule has 4 rings (SSSR count). The van der Waals surface area contributed by atoms with E-state index >= 15 is 0 Å². The predicted octanol–water partition coefficient (Wildman–Crippen LogP) is 4.08. The van der Waals surface area contributed by atoms with E-state index in [0.29, 0.717) is 39.3 Å². The van der Waals surface area contributed by atoms with Crippen LogP contribution in [0.25, 0.3) is 17.0 Å². The number of carbonyl (C=O) groups is 1. The van der Waals surface area contributed by atoms with Crippen molar-refractivity contribution in [1.82, 2.24) is 24.6 Å².